The number of rotatable bonds is 7. The Bertz CT molecular complexity index is 867. The molecule has 1 heterocycles. The van der Waals surface area contributed by atoms with Crippen molar-refractivity contribution in [3.05, 3.63) is 63.2 Å². The lowest BCUT2D eigenvalue weighted by atomic mass is 10.2. The molecule has 0 atom stereocenters. The molecule has 0 saturated carbocycles. The number of nitro groups is 1. The lowest BCUT2D eigenvalue weighted by molar-refractivity contribution is -0.383. The molecule has 3 rings (SSSR count). The molecule has 0 bridgehead atoms. The smallest absolute Gasteiger partial charge is 0.292 e. The van der Waals surface area contributed by atoms with Gasteiger partial charge in [0.15, 0.2) is 0 Å². The number of benzene rings is 2. The Labute approximate surface area is 174 Å². The van der Waals surface area contributed by atoms with E-state index >= 15 is 0 Å². The van der Waals surface area contributed by atoms with Crippen LogP contribution in [0.15, 0.2) is 42.5 Å². The number of carbonyl (C=O) groups excluding carboxylic acids is 1. The van der Waals surface area contributed by atoms with Crippen molar-refractivity contribution in [2.45, 2.75) is 6.54 Å². The lowest BCUT2D eigenvalue weighted by Crippen LogP contribution is -2.48. The molecule has 154 valence electrons. The number of hydrogen-bond acceptors (Lipinski definition) is 6. The summed E-state index contributed by atoms with van der Waals surface area (Å²) in [5.41, 5.74) is 1.16. The summed E-state index contributed by atoms with van der Waals surface area (Å²) in [5, 5.41) is 14.1. The first-order valence-electron chi connectivity index (χ1n) is 9.26. The Morgan fingerprint density at radius 3 is 2.41 bits per heavy atom. The van der Waals surface area contributed by atoms with E-state index in [4.69, 9.17) is 16.3 Å². The molecule has 29 heavy (non-hydrogen) atoms. The summed E-state index contributed by atoms with van der Waals surface area (Å²) in [5.74, 6) is 0.545. The fourth-order valence-electron chi connectivity index (χ4n) is 3.26. The highest BCUT2D eigenvalue weighted by molar-refractivity contribution is 6.31. The zero-order valence-corrected chi connectivity index (χ0v) is 16.9. The summed E-state index contributed by atoms with van der Waals surface area (Å²) < 4.78 is 5.18. The van der Waals surface area contributed by atoms with Gasteiger partial charge in [-0.3, -0.25) is 24.7 Å². The van der Waals surface area contributed by atoms with Crippen molar-refractivity contribution >= 4 is 28.9 Å². The Balaban J connectivity index is 1.48. The number of nitrogens with one attached hydrogen (secondary N) is 1. The summed E-state index contributed by atoms with van der Waals surface area (Å²) >= 11 is 5.90. The Morgan fingerprint density at radius 1 is 1.14 bits per heavy atom. The molecule has 0 aliphatic carbocycles. The van der Waals surface area contributed by atoms with E-state index in [1.807, 2.05) is 17.0 Å². The van der Waals surface area contributed by atoms with Crippen molar-refractivity contribution < 1.29 is 14.5 Å². The molecule has 1 aliphatic heterocycles. The number of halogens is 1. The molecule has 0 radical (unpaired) electrons. The molecule has 1 aliphatic rings. The summed E-state index contributed by atoms with van der Waals surface area (Å²) in [7, 11) is 1.65. The normalized spacial score (nSPS) is 15.1. The van der Waals surface area contributed by atoms with E-state index < -0.39 is 4.92 Å². The predicted octanol–water partition coefficient (Wildman–Crippen LogP) is 3.01. The van der Waals surface area contributed by atoms with Gasteiger partial charge in [0.2, 0.25) is 5.91 Å². The van der Waals surface area contributed by atoms with E-state index in [0.717, 1.165) is 38.5 Å². The molecule has 2 aromatic carbocycles. The van der Waals surface area contributed by atoms with E-state index in [1.165, 1.54) is 23.8 Å². The molecule has 0 aromatic heterocycles. The maximum atomic E-state index is 12.4. The highest BCUT2D eigenvalue weighted by atomic mass is 35.5. The van der Waals surface area contributed by atoms with Crippen LogP contribution in [0.1, 0.15) is 5.56 Å². The first kappa shape index (κ1) is 21.0. The number of methoxy groups -OCH3 is 1. The molecule has 1 fully saturated rings. The highest BCUT2D eigenvalue weighted by Crippen LogP contribution is 2.27. The standard InChI is InChI=1S/C20H23ClN4O4/c1-29-17-5-2-15(3-6-17)13-23-8-10-24(11-9-23)14-20(26)22-18-12-16(21)4-7-19(18)25(27)28/h2-7,12H,8-11,13-14H2,1H3,(H,22,26). The molecule has 0 spiro atoms. The molecular formula is C20H23ClN4O4. The minimum absolute atomic E-state index is 0.116. The molecule has 1 N–H and O–H groups in total. The summed E-state index contributed by atoms with van der Waals surface area (Å²) in [4.78, 5) is 27.3. The van der Waals surface area contributed by atoms with Crippen LogP contribution in [-0.2, 0) is 11.3 Å². The third-order valence-electron chi connectivity index (χ3n) is 4.83. The maximum absolute atomic E-state index is 12.4. The second-order valence-electron chi connectivity index (χ2n) is 6.87. The topological polar surface area (TPSA) is 88.0 Å². The van der Waals surface area contributed by atoms with Crippen molar-refractivity contribution in [2.75, 3.05) is 45.2 Å². The average molecular weight is 419 g/mol. The number of carbonyl (C=O) groups is 1. The molecule has 2 aromatic rings. The van der Waals surface area contributed by atoms with Gasteiger partial charge in [-0.25, -0.2) is 0 Å². The van der Waals surface area contributed by atoms with Gasteiger partial charge in [-0.2, -0.15) is 0 Å². The first-order chi connectivity index (χ1) is 13.9. The van der Waals surface area contributed by atoms with Crippen molar-refractivity contribution in [2.24, 2.45) is 0 Å². The van der Waals surface area contributed by atoms with Crippen LogP contribution in [0.25, 0.3) is 0 Å². The summed E-state index contributed by atoms with van der Waals surface area (Å²) in [6.07, 6.45) is 0. The van der Waals surface area contributed by atoms with Gasteiger partial charge in [0, 0.05) is 43.8 Å². The van der Waals surface area contributed by atoms with Crippen molar-refractivity contribution in [3.8, 4) is 5.75 Å². The minimum Gasteiger partial charge on any atom is -0.497 e. The zero-order valence-electron chi connectivity index (χ0n) is 16.1. The summed E-state index contributed by atoms with van der Waals surface area (Å²) in [6, 6.07) is 12.1. The second kappa shape index (κ2) is 9.69. The number of ether oxygens (including phenoxy) is 1. The second-order valence-corrected chi connectivity index (χ2v) is 7.30. The molecule has 9 heteroatoms. The van der Waals surface area contributed by atoms with Gasteiger partial charge in [0.05, 0.1) is 18.6 Å². The zero-order chi connectivity index (χ0) is 20.8. The fraction of sp³-hybridized carbons (Fsp3) is 0.350. The minimum atomic E-state index is -0.538. The molecular weight excluding hydrogens is 396 g/mol. The number of anilines is 1. The lowest BCUT2D eigenvalue weighted by Gasteiger charge is -2.34. The molecule has 8 nitrogen and oxygen atoms in total. The maximum Gasteiger partial charge on any atom is 0.292 e. The van der Waals surface area contributed by atoms with E-state index in [9.17, 15) is 14.9 Å². The van der Waals surface area contributed by atoms with Gasteiger partial charge < -0.3 is 10.1 Å². The number of nitrogens with zero attached hydrogens (tertiary/aromatic N) is 3. The number of nitro benzene ring substituents is 1. The predicted molar refractivity (Wildman–Crippen MR) is 111 cm³/mol. The summed E-state index contributed by atoms with van der Waals surface area (Å²) in [6.45, 7) is 4.22. The fourth-order valence-corrected chi connectivity index (χ4v) is 3.43. The van der Waals surface area contributed by atoms with E-state index in [1.54, 1.807) is 7.11 Å². The van der Waals surface area contributed by atoms with Crippen LogP contribution in [0.5, 0.6) is 5.75 Å². The Kier molecular flexibility index (Phi) is 7.03. The van der Waals surface area contributed by atoms with Crippen molar-refractivity contribution in [1.82, 2.24) is 9.80 Å². The van der Waals surface area contributed by atoms with Crippen LogP contribution in [0.4, 0.5) is 11.4 Å². The van der Waals surface area contributed by atoms with Gasteiger partial charge in [-0.15, -0.1) is 0 Å². The van der Waals surface area contributed by atoms with Gasteiger partial charge in [0.1, 0.15) is 11.4 Å². The van der Waals surface area contributed by atoms with Crippen molar-refractivity contribution in [1.29, 1.82) is 0 Å². The average Bonchev–Trinajstić information content (AvgIpc) is 2.70. The highest BCUT2D eigenvalue weighted by Gasteiger charge is 2.21. The van der Waals surface area contributed by atoms with Crippen LogP contribution >= 0.6 is 11.6 Å². The van der Waals surface area contributed by atoms with Crippen LogP contribution in [0.2, 0.25) is 5.02 Å². The molecule has 1 amide bonds. The molecule has 1 saturated heterocycles. The Morgan fingerprint density at radius 2 is 1.79 bits per heavy atom. The SMILES string of the molecule is COc1ccc(CN2CCN(CC(=O)Nc3cc(Cl)ccc3[N+](=O)[O-])CC2)cc1. The third-order valence-corrected chi connectivity index (χ3v) is 5.06. The van der Waals surface area contributed by atoms with Gasteiger partial charge >= 0.3 is 0 Å². The van der Waals surface area contributed by atoms with Gasteiger partial charge in [-0.1, -0.05) is 23.7 Å². The number of piperazine rings is 1. The van der Waals surface area contributed by atoms with Crippen LogP contribution < -0.4 is 10.1 Å². The largest absolute Gasteiger partial charge is 0.497 e. The van der Waals surface area contributed by atoms with E-state index in [-0.39, 0.29) is 23.8 Å². The van der Waals surface area contributed by atoms with Gasteiger partial charge in [0.25, 0.3) is 5.69 Å². The van der Waals surface area contributed by atoms with Gasteiger partial charge in [-0.05, 0) is 29.8 Å². The van der Waals surface area contributed by atoms with E-state index in [0.29, 0.717) is 5.02 Å². The molecule has 0 unspecified atom stereocenters. The number of amides is 1. The van der Waals surface area contributed by atoms with Crippen LogP contribution in [0, 0.1) is 10.1 Å². The third kappa shape index (κ3) is 5.90. The first-order valence-corrected chi connectivity index (χ1v) is 9.64. The van der Waals surface area contributed by atoms with Crippen LogP contribution in [-0.4, -0.2) is 60.5 Å². The Hall–Kier alpha value is -2.68. The number of hydrogen-bond donors (Lipinski definition) is 1. The van der Waals surface area contributed by atoms with E-state index in [2.05, 4.69) is 22.3 Å². The van der Waals surface area contributed by atoms with Crippen molar-refractivity contribution in [3.63, 3.8) is 0 Å². The monoisotopic (exact) mass is 418 g/mol. The quantitative estimate of drug-likeness (QED) is 0.549. The van der Waals surface area contributed by atoms with Crippen LogP contribution in [0.3, 0.4) is 0 Å².